The van der Waals surface area contributed by atoms with E-state index in [1.807, 2.05) is 0 Å². The number of aromatic hydroxyl groups is 1. The van der Waals surface area contributed by atoms with E-state index in [9.17, 15) is 23.1 Å². The van der Waals surface area contributed by atoms with Gasteiger partial charge >= 0.3 is 6.18 Å². The van der Waals surface area contributed by atoms with Gasteiger partial charge in [-0.25, -0.2) is 4.68 Å². The highest BCUT2D eigenvalue weighted by Crippen LogP contribution is 2.34. The van der Waals surface area contributed by atoms with Gasteiger partial charge in [0.25, 0.3) is 5.91 Å². The third kappa shape index (κ3) is 3.46. The van der Waals surface area contributed by atoms with Crippen LogP contribution in [0.4, 0.5) is 13.2 Å². The maximum absolute atomic E-state index is 13.1. The molecule has 0 radical (unpaired) electrons. The van der Waals surface area contributed by atoms with Gasteiger partial charge in [-0.3, -0.25) is 4.79 Å². The van der Waals surface area contributed by atoms with Crippen LogP contribution in [0, 0.1) is 0 Å². The highest BCUT2D eigenvalue weighted by atomic mass is 19.4. The Morgan fingerprint density at radius 2 is 2.08 bits per heavy atom. The SMILES string of the molecule is C[C@H]1CN(C(=O)c2nn(-c3ccccc3C(F)(F)F)cc2O)CCO1. The summed E-state index contributed by atoms with van der Waals surface area (Å²) in [6, 6.07) is 4.82. The summed E-state index contributed by atoms with van der Waals surface area (Å²) in [5.74, 6) is -1.02. The predicted molar refractivity (Wildman–Crippen MR) is 81.5 cm³/mol. The Morgan fingerprint density at radius 3 is 2.76 bits per heavy atom. The number of morpholine rings is 1. The maximum atomic E-state index is 13.1. The molecule has 1 N–H and O–H groups in total. The maximum Gasteiger partial charge on any atom is 0.418 e. The molecule has 9 heteroatoms. The minimum Gasteiger partial charge on any atom is -0.504 e. The number of carbonyl (C=O) groups is 1. The molecule has 6 nitrogen and oxygen atoms in total. The van der Waals surface area contributed by atoms with Gasteiger partial charge in [0, 0.05) is 13.1 Å². The van der Waals surface area contributed by atoms with E-state index in [0.29, 0.717) is 19.7 Å². The van der Waals surface area contributed by atoms with Crippen LogP contribution in [0.3, 0.4) is 0 Å². The number of hydrogen-bond acceptors (Lipinski definition) is 4. The van der Waals surface area contributed by atoms with Crippen LogP contribution in [-0.2, 0) is 10.9 Å². The normalized spacial score (nSPS) is 18.4. The van der Waals surface area contributed by atoms with Crippen molar-refractivity contribution < 1.29 is 27.8 Å². The highest BCUT2D eigenvalue weighted by Gasteiger charge is 2.34. The van der Waals surface area contributed by atoms with Crippen molar-refractivity contribution in [3.8, 4) is 11.4 Å². The summed E-state index contributed by atoms with van der Waals surface area (Å²) in [6.45, 7) is 2.81. The number of ether oxygens (including phenoxy) is 1. The Morgan fingerprint density at radius 1 is 1.36 bits per heavy atom. The van der Waals surface area contributed by atoms with E-state index in [-0.39, 0.29) is 17.5 Å². The van der Waals surface area contributed by atoms with E-state index in [2.05, 4.69) is 5.10 Å². The van der Waals surface area contributed by atoms with Crippen LogP contribution in [0.1, 0.15) is 23.0 Å². The molecule has 0 bridgehead atoms. The summed E-state index contributed by atoms with van der Waals surface area (Å²) >= 11 is 0. The summed E-state index contributed by atoms with van der Waals surface area (Å²) in [5.41, 5.74) is -1.46. The van der Waals surface area contributed by atoms with Crippen LogP contribution in [-0.4, -0.2) is 51.5 Å². The molecule has 1 aliphatic heterocycles. The number of rotatable bonds is 2. The molecule has 2 aromatic rings. The number of carbonyl (C=O) groups excluding carboxylic acids is 1. The summed E-state index contributed by atoms with van der Waals surface area (Å²) in [5, 5.41) is 13.9. The Balaban J connectivity index is 1.95. The molecule has 0 aliphatic carbocycles. The Bertz CT molecular complexity index is 788. The van der Waals surface area contributed by atoms with Crippen LogP contribution in [0.25, 0.3) is 5.69 Å². The quantitative estimate of drug-likeness (QED) is 0.899. The minimum atomic E-state index is -4.58. The molecule has 1 atom stereocenters. The molecule has 0 saturated carbocycles. The molecule has 0 spiro atoms. The fraction of sp³-hybridized carbons (Fsp3) is 0.375. The van der Waals surface area contributed by atoms with Crippen molar-refractivity contribution in [3.05, 3.63) is 41.7 Å². The molecule has 25 heavy (non-hydrogen) atoms. The standard InChI is InChI=1S/C16H16F3N3O3/c1-10-8-21(6-7-25-10)15(24)14-13(23)9-22(20-14)12-5-3-2-4-11(12)16(17,18)19/h2-5,9-10,23H,6-8H2,1H3/t10-/m0/s1. The van der Waals surface area contributed by atoms with E-state index in [1.165, 1.54) is 23.1 Å². The zero-order chi connectivity index (χ0) is 18.2. The molecule has 134 valence electrons. The van der Waals surface area contributed by atoms with Crippen molar-refractivity contribution in [1.82, 2.24) is 14.7 Å². The molecule has 1 aliphatic rings. The fourth-order valence-electron chi connectivity index (χ4n) is 2.71. The van der Waals surface area contributed by atoms with E-state index >= 15 is 0 Å². The highest BCUT2D eigenvalue weighted by molar-refractivity contribution is 5.95. The number of benzene rings is 1. The Hall–Kier alpha value is -2.55. The molecule has 2 heterocycles. The first-order valence-electron chi connectivity index (χ1n) is 7.63. The van der Waals surface area contributed by atoms with Gasteiger partial charge in [-0.2, -0.15) is 18.3 Å². The number of aromatic nitrogens is 2. The smallest absolute Gasteiger partial charge is 0.418 e. The van der Waals surface area contributed by atoms with Gasteiger partial charge in [0.05, 0.1) is 30.2 Å². The predicted octanol–water partition coefficient (Wildman–Crippen LogP) is 2.46. The molecule has 3 rings (SSSR count). The zero-order valence-electron chi connectivity index (χ0n) is 13.3. The van der Waals surface area contributed by atoms with Crippen LogP contribution < -0.4 is 0 Å². The molecule has 0 unspecified atom stereocenters. The van der Waals surface area contributed by atoms with Crippen molar-refractivity contribution in [1.29, 1.82) is 0 Å². The summed E-state index contributed by atoms with van der Waals surface area (Å²) in [4.78, 5) is 14.0. The second-order valence-corrected chi connectivity index (χ2v) is 5.76. The average molecular weight is 355 g/mol. The van der Waals surface area contributed by atoms with E-state index in [4.69, 9.17) is 4.74 Å². The van der Waals surface area contributed by atoms with Crippen LogP contribution in [0.2, 0.25) is 0 Å². The largest absolute Gasteiger partial charge is 0.504 e. The number of para-hydroxylation sites is 1. The fourth-order valence-corrected chi connectivity index (χ4v) is 2.71. The molecule has 1 aromatic carbocycles. The van der Waals surface area contributed by atoms with Gasteiger partial charge in [-0.1, -0.05) is 12.1 Å². The van der Waals surface area contributed by atoms with E-state index < -0.39 is 23.4 Å². The monoisotopic (exact) mass is 355 g/mol. The van der Waals surface area contributed by atoms with E-state index in [1.54, 1.807) is 6.92 Å². The van der Waals surface area contributed by atoms with Crippen molar-refractivity contribution in [3.63, 3.8) is 0 Å². The third-order valence-electron chi connectivity index (χ3n) is 3.88. The van der Waals surface area contributed by atoms with Gasteiger partial charge in [-0.05, 0) is 19.1 Å². The van der Waals surface area contributed by atoms with Crippen LogP contribution in [0.15, 0.2) is 30.5 Å². The first-order chi connectivity index (χ1) is 11.8. The van der Waals surface area contributed by atoms with Gasteiger partial charge in [0.15, 0.2) is 11.4 Å². The summed E-state index contributed by atoms with van der Waals surface area (Å²) < 4.78 is 45.6. The number of alkyl halides is 3. The summed E-state index contributed by atoms with van der Waals surface area (Å²) in [7, 11) is 0. The lowest BCUT2D eigenvalue weighted by Gasteiger charge is -2.30. The Labute approximate surface area is 141 Å². The Kier molecular flexibility index (Phi) is 4.42. The number of hydrogen-bond donors (Lipinski definition) is 1. The second-order valence-electron chi connectivity index (χ2n) is 5.76. The number of amides is 1. The van der Waals surface area contributed by atoms with Gasteiger partial charge < -0.3 is 14.7 Å². The van der Waals surface area contributed by atoms with Gasteiger partial charge in [0.1, 0.15) is 0 Å². The molecular weight excluding hydrogens is 339 g/mol. The van der Waals surface area contributed by atoms with Crippen molar-refractivity contribution in [2.24, 2.45) is 0 Å². The lowest BCUT2D eigenvalue weighted by Crippen LogP contribution is -2.44. The molecular formula is C16H16F3N3O3. The van der Waals surface area contributed by atoms with Crippen LogP contribution >= 0.6 is 0 Å². The van der Waals surface area contributed by atoms with E-state index in [0.717, 1.165) is 16.9 Å². The molecule has 1 fully saturated rings. The number of halogens is 3. The van der Waals surface area contributed by atoms with Crippen molar-refractivity contribution >= 4 is 5.91 Å². The molecule has 1 amide bonds. The lowest BCUT2D eigenvalue weighted by molar-refractivity contribution is -0.137. The van der Waals surface area contributed by atoms with Crippen molar-refractivity contribution in [2.75, 3.05) is 19.7 Å². The first kappa shape index (κ1) is 17.3. The number of nitrogens with zero attached hydrogens (tertiary/aromatic N) is 3. The van der Waals surface area contributed by atoms with Gasteiger partial charge in [0.2, 0.25) is 0 Å². The summed E-state index contributed by atoms with van der Waals surface area (Å²) in [6.07, 6.45) is -3.74. The first-order valence-corrected chi connectivity index (χ1v) is 7.63. The minimum absolute atomic E-state index is 0.159. The van der Waals surface area contributed by atoms with Gasteiger partial charge in [-0.15, -0.1) is 0 Å². The van der Waals surface area contributed by atoms with Crippen molar-refractivity contribution in [2.45, 2.75) is 19.2 Å². The van der Waals surface area contributed by atoms with Crippen LogP contribution in [0.5, 0.6) is 5.75 Å². The second kappa shape index (κ2) is 6.40. The molecule has 1 aromatic heterocycles. The topological polar surface area (TPSA) is 67.6 Å². The average Bonchev–Trinajstić information content (AvgIpc) is 2.95. The molecule has 1 saturated heterocycles. The lowest BCUT2D eigenvalue weighted by atomic mass is 10.2. The zero-order valence-corrected chi connectivity index (χ0v) is 13.3. The third-order valence-corrected chi connectivity index (χ3v) is 3.88.